The number of rotatable bonds is 7. The number of halogens is 1. The Morgan fingerprint density at radius 2 is 1.71 bits per heavy atom. The van der Waals surface area contributed by atoms with Gasteiger partial charge < -0.3 is 9.47 Å². The zero-order valence-corrected chi connectivity index (χ0v) is 23.2. The Hall–Kier alpha value is -3.59. The van der Waals surface area contributed by atoms with Gasteiger partial charge in [-0.15, -0.1) is 11.6 Å². The molecule has 38 heavy (non-hydrogen) atoms. The molecule has 1 saturated heterocycles. The van der Waals surface area contributed by atoms with Gasteiger partial charge in [0.25, 0.3) is 5.95 Å². The molecule has 1 aromatic heterocycles. The minimum absolute atomic E-state index is 0.254. The largest absolute Gasteiger partial charge is 0.493 e. The SMILES string of the molecule is COc1cc(C(C)(C)c2ccc(C#Cc3cnc(N=S4(=O)CCCC4)nc3)cc2)cc(C#N)c1OCCCl. The Balaban J connectivity index is 1.53. The van der Waals surface area contributed by atoms with Gasteiger partial charge in [0.05, 0.1) is 33.8 Å². The minimum Gasteiger partial charge on any atom is -0.493 e. The van der Waals surface area contributed by atoms with E-state index in [1.165, 1.54) is 0 Å². The van der Waals surface area contributed by atoms with Crippen LogP contribution >= 0.6 is 11.6 Å². The van der Waals surface area contributed by atoms with E-state index >= 15 is 0 Å². The van der Waals surface area contributed by atoms with Gasteiger partial charge in [0.1, 0.15) is 12.7 Å². The molecule has 0 unspecified atom stereocenters. The molecule has 196 valence electrons. The second-order valence-corrected chi connectivity index (χ2v) is 12.3. The molecule has 7 nitrogen and oxygen atoms in total. The molecule has 0 atom stereocenters. The maximum Gasteiger partial charge on any atom is 0.257 e. The number of methoxy groups -OCH3 is 1. The maximum atomic E-state index is 12.6. The third-order valence-corrected chi connectivity index (χ3v) is 8.96. The topological polar surface area (TPSA) is 97.5 Å². The second-order valence-electron chi connectivity index (χ2n) is 9.41. The van der Waals surface area contributed by atoms with Gasteiger partial charge in [-0.25, -0.2) is 14.2 Å². The van der Waals surface area contributed by atoms with Crippen molar-refractivity contribution in [2.45, 2.75) is 32.1 Å². The average Bonchev–Trinajstić information content (AvgIpc) is 3.36. The fourth-order valence-corrected chi connectivity index (χ4v) is 6.36. The summed E-state index contributed by atoms with van der Waals surface area (Å²) in [4.78, 5) is 8.44. The van der Waals surface area contributed by atoms with Crippen LogP contribution in [0.5, 0.6) is 11.5 Å². The lowest BCUT2D eigenvalue weighted by Gasteiger charge is -2.27. The number of aromatic nitrogens is 2. The summed E-state index contributed by atoms with van der Waals surface area (Å²) >= 11 is 5.76. The summed E-state index contributed by atoms with van der Waals surface area (Å²) in [7, 11) is -0.641. The molecule has 2 aromatic carbocycles. The first kappa shape index (κ1) is 27.4. The summed E-state index contributed by atoms with van der Waals surface area (Å²) in [5.41, 5.74) is 3.46. The van der Waals surface area contributed by atoms with Gasteiger partial charge in [-0.2, -0.15) is 9.62 Å². The van der Waals surface area contributed by atoms with Crippen LogP contribution in [-0.2, 0) is 15.1 Å². The third kappa shape index (κ3) is 6.27. The molecule has 0 aliphatic carbocycles. The van der Waals surface area contributed by atoms with Gasteiger partial charge in [-0.1, -0.05) is 37.8 Å². The van der Waals surface area contributed by atoms with Crippen LogP contribution in [-0.4, -0.2) is 45.3 Å². The molecule has 0 N–H and O–H groups in total. The summed E-state index contributed by atoms with van der Waals surface area (Å²) in [5, 5.41) is 9.72. The van der Waals surface area contributed by atoms with Crippen LogP contribution in [0.4, 0.5) is 5.95 Å². The van der Waals surface area contributed by atoms with Crippen molar-refractivity contribution in [1.29, 1.82) is 5.26 Å². The van der Waals surface area contributed by atoms with Crippen molar-refractivity contribution in [2.75, 3.05) is 31.1 Å². The number of alkyl halides is 1. The van der Waals surface area contributed by atoms with Gasteiger partial charge in [-0.05, 0) is 48.2 Å². The number of nitriles is 1. The van der Waals surface area contributed by atoms with Crippen LogP contribution in [0.25, 0.3) is 0 Å². The Morgan fingerprint density at radius 3 is 2.32 bits per heavy atom. The van der Waals surface area contributed by atoms with Crippen molar-refractivity contribution in [3.8, 4) is 29.4 Å². The van der Waals surface area contributed by atoms with Crippen molar-refractivity contribution in [2.24, 2.45) is 4.36 Å². The van der Waals surface area contributed by atoms with E-state index in [1.807, 2.05) is 36.4 Å². The molecule has 0 radical (unpaired) electrons. The third-order valence-electron chi connectivity index (χ3n) is 6.46. The second kappa shape index (κ2) is 11.9. The molecule has 3 aromatic rings. The van der Waals surface area contributed by atoms with Gasteiger partial charge in [0.15, 0.2) is 11.5 Å². The first-order valence-corrected chi connectivity index (χ1v) is 14.7. The van der Waals surface area contributed by atoms with Crippen LogP contribution in [0.3, 0.4) is 0 Å². The van der Waals surface area contributed by atoms with E-state index < -0.39 is 15.1 Å². The van der Waals surface area contributed by atoms with Crippen LogP contribution in [0.1, 0.15) is 54.5 Å². The lowest BCUT2D eigenvalue weighted by molar-refractivity contribution is 0.311. The monoisotopic (exact) mass is 548 g/mol. The van der Waals surface area contributed by atoms with E-state index in [0.29, 0.717) is 40.0 Å². The smallest absolute Gasteiger partial charge is 0.257 e. The molecular weight excluding hydrogens is 520 g/mol. The Labute approximate surface area is 229 Å². The van der Waals surface area contributed by atoms with E-state index in [2.05, 4.69) is 46.1 Å². The summed E-state index contributed by atoms with van der Waals surface area (Å²) in [5.74, 6) is 8.90. The van der Waals surface area contributed by atoms with Gasteiger partial charge >= 0.3 is 0 Å². The molecule has 0 amide bonds. The Morgan fingerprint density at radius 1 is 1.05 bits per heavy atom. The zero-order chi connectivity index (χ0) is 27.2. The van der Waals surface area contributed by atoms with E-state index in [9.17, 15) is 9.47 Å². The van der Waals surface area contributed by atoms with Crippen LogP contribution in [0.15, 0.2) is 53.2 Å². The predicted octanol–water partition coefficient (Wildman–Crippen LogP) is 5.59. The van der Waals surface area contributed by atoms with Crippen molar-refractivity contribution < 1.29 is 13.7 Å². The molecule has 1 fully saturated rings. The normalized spacial score (nSPS) is 14.2. The lowest BCUT2D eigenvalue weighted by atomic mass is 9.77. The average molecular weight is 549 g/mol. The minimum atomic E-state index is -2.20. The Bertz CT molecular complexity index is 1510. The summed E-state index contributed by atoms with van der Waals surface area (Å²) < 4.78 is 28.0. The van der Waals surface area contributed by atoms with Gasteiger partial charge in [-0.3, -0.25) is 0 Å². The molecule has 1 aliphatic rings. The molecular formula is C29H29ClN4O3S. The number of hydrogen-bond donors (Lipinski definition) is 0. The van der Waals surface area contributed by atoms with Crippen molar-refractivity contribution in [3.05, 3.63) is 76.6 Å². The van der Waals surface area contributed by atoms with Crippen LogP contribution in [0.2, 0.25) is 0 Å². The lowest BCUT2D eigenvalue weighted by Crippen LogP contribution is -2.19. The van der Waals surface area contributed by atoms with Crippen LogP contribution in [0, 0.1) is 23.2 Å². The van der Waals surface area contributed by atoms with E-state index in [0.717, 1.165) is 29.5 Å². The van der Waals surface area contributed by atoms with Gasteiger partial charge in [0.2, 0.25) is 0 Å². The van der Waals surface area contributed by atoms with E-state index in [4.69, 9.17) is 21.1 Å². The first-order valence-electron chi connectivity index (χ1n) is 12.3. The highest BCUT2D eigenvalue weighted by Crippen LogP contribution is 2.39. The van der Waals surface area contributed by atoms with Crippen molar-refractivity contribution in [1.82, 2.24) is 9.97 Å². The first-order chi connectivity index (χ1) is 18.3. The number of ether oxygens (including phenoxy) is 2. The standard InChI is InChI=1S/C29H29ClN4O3S/c1-29(2,25-16-23(18-31)27(37-13-12-30)26(17-25)36-3)24-10-8-21(9-11-24)6-7-22-19-32-28(33-20-22)34-38(35)14-4-5-15-38/h8-11,16-17,19-20H,4-5,12-15H2,1-3H3. The fraction of sp³-hybridized carbons (Fsp3) is 0.345. The van der Waals surface area contributed by atoms with Crippen LogP contribution < -0.4 is 9.47 Å². The molecule has 0 spiro atoms. The molecule has 4 rings (SSSR count). The molecule has 1 aliphatic heterocycles. The summed E-state index contributed by atoms with van der Waals surface area (Å²) in [6.07, 6.45) is 5.09. The number of hydrogen-bond acceptors (Lipinski definition) is 7. The molecule has 2 heterocycles. The highest BCUT2D eigenvalue weighted by Gasteiger charge is 2.26. The summed E-state index contributed by atoms with van der Waals surface area (Å²) in [6.45, 7) is 4.46. The zero-order valence-electron chi connectivity index (χ0n) is 21.7. The summed E-state index contributed by atoms with van der Waals surface area (Å²) in [6, 6.07) is 13.9. The van der Waals surface area contributed by atoms with Crippen molar-refractivity contribution >= 4 is 27.3 Å². The Kier molecular flexibility index (Phi) is 8.56. The molecule has 9 heteroatoms. The maximum absolute atomic E-state index is 12.6. The highest BCUT2D eigenvalue weighted by molar-refractivity contribution is 7.93. The number of nitrogens with zero attached hydrogens (tertiary/aromatic N) is 4. The molecule has 0 bridgehead atoms. The quantitative estimate of drug-likeness (QED) is 0.282. The van der Waals surface area contributed by atoms with E-state index in [-0.39, 0.29) is 12.6 Å². The van der Waals surface area contributed by atoms with E-state index in [1.54, 1.807) is 19.5 Å². The number of benzene rings is 2. The fourth-order valence-electron chi connectivity index (χ4n) is 4.20. The predicted molar refractivity (Wildman–Crippen MR) is 150 cm³/mol. The highest BCUT2D eigenvalue weighted by atomic mass is 35.5. The van der Waals surface area contributed by atoms with Crippen molar-refractivity contribution in [3.63, 3.8) is 0 Å². The molecule has 0 saturated carbocycles. The van der Waals surface area contributed by atoms with Gasteiger partial charge in [0, 0.05) is 34.9 Å².